The molecule has 1 heterocycles. The Bertz CT molecular complexity index is 476. The minimum absolute atomic E-state index is 0.0215. The number of rotatable bonds is 2. The molecule has 1 aliphatic rings. The Kier molecular flexibility index (Phi) is 4.04. The molecule has 1 saturated heterocycles. The zero-order chi connectivity index (χ0) is 14.0. The van der Waals surface area contributed by atoms with E-state index in [-0.39, 0.29) is 24.3 Å². The van der Waals surface area contributed by atoms with Gasteiger partial charge in [0.05, 0.1) is 12.2 Å². The highest BCUT2D eigenvalue weighted by atomic mass is 19.1. The lowest BCUT2D eigenvalue weighted by molar-refractivity contribution is -0.127. The molecule has 1 aromatic carbocycles. The molecule has 0 spiro atoms. The predicted octanol–water partition coefficient (Wildman–Crippen LogP) is 1.51. The van der Waals surface area contributed by atoms with Crippen molar-refractivity contribution >= 4 is 11.6 Å². The van der Waals surface area contributed by atoms with Crippen LogP contribution in [0.2, 0.25) is 0 Å². The molecular formula is C14H20FN3O. The van der Waals surface area contributed by atoms with Crippen LogP contribution in [0.15, 0.2) is 18.2 Å². The minimum atomic E-state index is -0.313. The fourth-order valence-corrected chi connectivity index (χ4v) is 2.25. The normalized spacial score (nSPS) is 18.4. The summed E-state index contributed by atoms with van der Waals surface area (Å²) >= 11 is 0. The molecule has 1 amide bonds. The highest BCUT2D eigenvalue weighted by Gasteiger charge is 2.21. The van der Waals surface area contributed by atoms with Gasteiger partial charge >= 0.3 is 0 Å². The number of hydrogen-bond acceptors (Lipinski definition) is 3. The van der Waals surface area contributed by atoms with Gasteiger partial charge < -0.3 is 15.5 Å². The maximum Gasteiger partial charge on any atom is 0.241 e. The summed E-state index contributed by atoms with van der Waals surface area (Å²) in [6.45, 7) is 3.45. The molecule has 1 fully saturated rings. The van der Waals surface area contributed by atoms with Gasteiger partial charge in [0.1, 0.15) is 5.82 Å². The van der Waals surface area contributed by atoms with E-state index in [1.54, 1.807) is 22.9 Å². The van der Waals surface area contributed by atoms with Crippen molar-refractivity contribution < 1.29 is 9.18 Å². The second-order valence-electron chi connectivity index (χ2n) is 5.09. The fraction of sp³-hybridized carbons (Fsp3) is 0.500. The van der Waals surface area contributed by atoms with Crippen LogP contribution in [0.5, 0.6) is 0 Å². The van der Waals surface area contributed by atoms with E-state index in [0.717, 1.165) is 18.5 Å². The van der Waals surface area contributed by atoms with E-state index in [2.05, 4.69) is 0 Å². The molecule has 4 nitrogen and oxygen atoms in total. The van der Waals surface area contributed by atoms with Crippen molar-refractivity contribution in [3.8, 4) is 0 Å². The van der Waals surface area contributed by atoms with Crippen LogP contribution in [0.25, 0.3) is 0 Å². The molecule has 5 heteroatoms. The number of carbonyl (C=O) groups excluding carboxylic acids is 1. The lowest BCUT2D eigenvalue weighted by Gasteiger charge is -2.23. The number of benzene rings is 1. The second-order valence-corrected chi connectivity index (χ2v) is 5.09. The summed E-state index contributed by atoms with van der Waals surface area (Å²) in [6, 6.07) is 4.80. The molecule has 0 aliphatic carbocycles. The summed E-state index contributed by atoms with van der Waals surface area (Å²) in [7, 11) is 1.78. The van der Waals surface area contributed by atoms with Crippen LogP contribution in [0, 0.1) is 5.82 Å². The molecule has 0 unspecified atom stereocenters. The first-order chi connectivity index (χ1) is 8.99. The van der Waals surface area contributed by atoms with E-state index in [9.17, 15) is 9.18 Å². The number of nitrogens with zero attached hydrogens (tertiary/aromatic N) is 2. The van der Waals surface area contributed by atoms with E-state index in [1.807, 2.05) is 13.0 Å². The van der Waals surface area contributed by atoms with Crippen molar-refractivity contribution in [1.82, 2.24) is 4.90 Å². The first-order valence-corrected chi connectivity index (χ1v) is 6.53. The lowest BCUT2D eigenvalue weighted by Crippen LogP contribution is -2.34. The van der Waals surface area contributed by atoms with Crippen LogP contribution < -0.4 is 10.6 Å². The van der Waals surface area contributed by atoms with Gasteiger partial charge in [0.2, 0.25) is 5.91 Å². The largest absolute Gasteiger partial charge is 0.360 e. The van der Waals surface area contributed by atoms with Crippen LogP contribution in [0.3, 0.4) is 0 Å². The van der Waals surface area contributed by atoms with Gasteiger partial charge in [0.25, 0.3) is 0 Å². The average Bonchev–Trinajstić information content (AvgIpc) is 2.52. The second kappa shape index (κ2) is 5.57. The zero-order valence-electron chi connectivity index (χ0n) is 11.4. The molecule has 0 aromatic heterocycles. The topological polar surface area (TPSA) is 49.6 Å². The first-order valence-electron chi connectivity index (χ1n) is 6.53. The van der Waals surface area contributed by atoms with Crippen molar-refractivity contribution in [3.05, 3.63) is 29.6 Å². The molecule has 1 atom stereocenters. The third-order valence-electron chi connectivity index (χ3n) is 3.51. The summed E-state index contributed by atoms with van der Waals surface area (Å²) in [4.78, 5) is 15.3. The molecule has 19 heavy (non-hydrogen) atoms. The highest BCUT2D eigenvalue weighted by Crippen LogP contribution is 2.24. The smallest absolute Gasteiger partial charge is 0.241 e. The van der Waals surface area contributed by atoms with Gasteiger partial charge in [0, 0.05) is 26.2 Å². The van der Waals surface area contributed by atoms with Crippen molar-refractivity contribution in [3.63, 3.8) is 0 Å². The van der Waals surface area contributed by atoms with Crippen molar-refractivity contribution in [1.29, 1.82) is 0 Å². The molecule has 104 valence electrons. The summed E-state index contributed by atoms with van der Waals surface area (Å²) in [5, 5.41) is 0. The number of hydrogen-bond donors (Lipinski definition) is 1. The molecular weight excluding hydrogens is 245 g/mol. The Labute approximate surface area is 113 Å². The van der Waals surface area contributed by atoms with Crippen LogP contribution in [-0.4, -0.2) is 37.5 Å². The third-order valence-corrected chi connectivity index (χ3v) is 3.51. The summed E-state index contributed by atoms with van der Waals surface area (Å²) in [6.07, 6.45) is 0.844. The van der Waals surface area contributed by atoms with Crippen LogP contribution >= 0.6 is 0 Å². The van der Waals surface area contributed by atoms with E-state index in [1.165, 1.54) is 6.07 Å². The number of anilines is 1. The average molecular weight is 265 g/mol. The van der Waals surface area contributed by atoms with Crippen LogP contribution in [-0.2, 0) is 4.79 Å². The maximum atomic E-state index is 14.1. The Morgan fingerprint density at radius 1 is 1.37 bits per heavy atom. The molecule has 1 aliphatic heterocycles. The number of nitrogens with two attached hydrogens (primary N) is 1. The standard InChI is InChI=1S/C14H20FN3O/c1-10(16)11-4-5-13(12(15)8-11)18-7-3-6-17(2)14(19)9-18/h4-5,8,10H,3,6-7,9,16H2,1-2H3/t10-/m0/s1. The summed E-state index contributed by atoms with van der Waals surface area (Å²) in [5.41, 5.74) is 6.98. The number of halogens is 1. The maximum absolute atomic E-state index is 14.1. The number of likely N-dealkylation sites (N-methyl/N-ethyl adjacent to an activating group) is 1. The Hall–Kier alpha value is -1.62. The van der Waals surface area contributed by atoms with Gasteiger partial charge in [-0.05, 0) is 31.0 Å². The Morgan fingerprint density at radius 3 is 2.74 bits per heavy atom. The quantitative estimate of drug-likeness (QED) is 0.882. The summed E-state index contributed by atoms with van der Waals surface area (Å²) in [5.74, 6) is -0.291. The van der Waals surface area contributed by atoms with Gasteiger partial charge in [0.15, 0.2) is 0 Å². The van der Waals surface area contributed by atoms with Gasteiger partial charge in [-0.2, -0.15) is 0 Å². The molecule has 0 saturated carbocycles. The molecule has 0 radical (unpaired) electrons. The molecule has 2 N–H and O–H groups in total. The van der Waals surface area contributed by atoms with E-state index in [0.29, 0.717) is 12.2 Å². The summed E-state index contributed by atoms with van der Waals surface area (Å²) < 4.78 is 14.1. The van der Waals surface area contributed by atoms with E-state index in [4.69, 9.17) is 5.73 Å². The third kappa shape index (κ3) is 3.04. The number of carbonyl (C=O) groups is 1. The van der Waals surface area contributed by atoms with Gasteiger partial charge in [-0.25, -0.2) is 4.39 Å². The van der Waals surface area contributed by atoms with Gasteiger partial charge in [-0.3, -0.25) is 4.79 Å². The highest BCUT2D eigenvalue weighted by molar-refractivity contribution is 5.81. The van der Waals surface area contributed by atoms with E-state index < -0.39 is 0 Å². The fourth-order valence-electron chi connectivity index (χ4n) is 2.25. The lowest BCUT2D eigenvalue weighted by atomic mass is 10.1. The Morgan fingerprint density at radius 2 is 2.11 bits per heavy atom. The van der Waals surface area contributed by atoms with Crippen LogP contribution in [0.4, 0.5) is 10.1 Å². The minimum Gasteiger partial charge on any atom is -0.360 e. The van der Waals surface area contributed by atoms with Gasteiger partial charge in [-0.15, -0.1) is 0 Å². The van der Waals surface area contributed by atoms with E-state index >= 15 is 0 Å². The van der Waals surface area contributed by atoms with Crippen LogP contribution in [0.1, 0.15) is 24.9 Å². The van der Waals surface area contributed by atoms with Crippen molar-refractivity contribution in [2.75, 3.05) is 31.6 Å². The molecule has 2 rings (SSSR count). The van der Waals surface area contributed by atoms with Crippen molar-refractivity contribution in [2.45, 2.75) is 19.4 Å². The zero-order valence-corrected chi connectivity index (χ0v) is 11.4. The SMILES string of the molecule is C[C@H](N)c1ccc(N2CCCN(C)C(=O)C2)c(F)c1. The Balaban J connectivity index is 2.24. The predicted molar refractivity (Wildman–Crippen MR) is 73.5 cm³/mol. The first kappa shape index (κ1) is 13.8. The monoisotopic (exact) mass is 265 g/mol. The molecule has 0 bridgehead atoms. The number of amides is 1. The molecule has 1 aromatic rings. The van der Waals surface area contributed by atoms with Gasteiger partial charge in [-0.1, -0.05) is 6.07 Å². The van der Waals surface area contributed by atoms with Crippen molar-refractivity contribution in [2.24, 2.45) is 5.73 Å².